The zero-order valence-electron chi connectivity index (χ0n) is 11.1. The first kappa shape index (κ1) is 18.0. The van der Waals surface area contributed by atoms with Crippen LogP contribution in [-0.2, 0) is 11.8 Å². The smallest absolute Gasteiger partial charge is 0.0449 e. The molecule has 0 radical (unpaired) electrons. The fraction of sp³-hybridized carbons (Fsp3) is 0.250. The lowest BCUT2D eigenvalue weighted by atomic mass is 9.79. The van der Waals surface area contributed by atoms with Gasteiger partial charge >= 0.3 is 0 Å². The maximum Gasteiger partial charge on any atom is 0.0449 e. The summed E-state index contributed by atoms with van der Waals surface area (Å²) in [5.41, 5.74) is 2.37. The highest BCUT2D eigenvalue weighted by Gasteiger charge is 2.32. The van der Waals surface area contributed by atoms with Crippen LogP contribution in [0.5, 0.6) is 0 Å². The van der Waals surface area contributed by atoms with Crippen molar-refractivity contribution in [2.45, 2.75) is 11.8 Å². The number of hydrogen-bond acceptors (Lipinski definition) is 0. The maximum atomic E-state index is 6.40. The predicted molar refractivity (Wildman–Crippen MR) is 106 cm³/mol. The average molecular weight is 560 g/mol. The zero-order valence-corrected chi connectivity index (χ0v) is 18.2. The first-order chi connectivity index (χ1) is 10.0. The second kappa shape index (κ2) is 7.96. The van der Waals surface area contributed by atoms with Crippen molar-refractivity contribution in [2.24, 2.45) is 0 Å². The van der Waals surface area contributed by atoms with Crippen LogP contribution in [0.1, 0.15) is 11.1 Å². The summed E-state index contributed by atoms with van der Waals surface area (Å²) in [5.74, 6) is 0. The minimum absolute atomic E-state index is 0.0580. The van der Waals surface area contributed by atoms with Crippen LogP contribution in [0.25, 0.3) is 0 Å². The van der Waals surface area contributed by atoms with Crippen molar-refractivity contribution < 1.29 is 0 Å². The van der Waals surface area contributed by atoms with Crippen molar-refractivity contribution in [3.8, 4) is 0 Å². The Morgan fingerprint density at radius 2 is 1.62 bits per heavy atom. The Morgan fingerprint density at radius 3 is 2.19 bits per heavy atom. The fourth-order valence-electron chi connectivity index (χ4n) is 2.29. The van der Waals surface area contributed by atoms with Gasteiger partial charge in [-0.05, 0) is 35.7 Å². The molecule has 0 nitrogen and oxygen atoms in total. The summed E-state index contributed by atoms with van der Waals surface area (Å²) in [6.45, 7) is 0. The van der Waals surface area contributed by atoms with Crippen molar-refractivity contribution in [1.29, 1.82) is 0 Å². The van der Waals surface area contributed by atoms with E-state index in [9.17, 15) is 0 Å². The Labute approximate surface area is 164 Å². The van der Waals surface area contributed by atoms with Crippen LogP contribution in [0, 0.1) is 0 Å². The van der Waals surface area contributed by atoms with E-state index in [2.05, 4.69) is 88.0 Å². The van der Waals surface area contributed by atoms with E-state index in [-0.39, 0.29) is 5.41 Å². The molecule has 2 aromatic carbocycles. The molecule has 2 rings (SSSR count). The van der Waals surface area contributed by atoms with E-state index in [1.54, 1.807) is 0 Å². The zero-order chi connectivity index (χ0) is 15.5. The normalized spacial score (nSPS) is 11.7. The first-order valence-electron chi connectivity index (χ1n) is 6.33. The molecule has 112 valence electrons. The van der Waals surface area contributed by atoms with Gasteiger partial charge in [0, 0.05) is 30.0 Å². The second-order valence-corrected chi connectivity index (χ2v) is 8.24. The summed E-state index contributed by atoms with van der Waals surface area (Å²) in [6, 6.07) is 14.4. The van der Waals surface area contributed by atoms with E-state index in [4.69, 9.17) is 11.6 Å². The van der Waals surface area contributed by atoms with E-state index in [1.807, 2.05) is 18.2 Å². The molecule has 0 saturated heterocycles. The summed E-state index contributed by atoms with van der Waals surface area (Å²) >= 11 is 20.9. The summed E-state index contributed by atoms with van der Waals surface area (Å²) in [6.07, 6.45) is 0.859. The number of halogens is 5. The van der Waals surface area contributed by atoms with Gasteiger partial charge in [-0.1, -0.05) is 99.6 Å². The van der Waals surface area contributed by atoms with Crippen LogP contribution in [0.3, 0.4) is 0 Å². The molecule has 2 aromatic rings. The third kappa shape index (κ3) is 4.14. The molecule has 0 aromatic heterocycles. The SMILES string of the molecule is Clc1cc(Br)ccc1CC(CBr)(CBr)c1ccccc1Br. The average Bonchev–Trinajstić information content (AvgIpc) is 2.48. The topological polar surface area (TPSA) is 0 Å². The summed E-state index contributed by atoms with van der Waals surface area (Å²) in [4.78, 5) is 0. The molecule has 0 bridgehead atoms. The van der Waals surface area contributed by atoms with Gasteiger partial charge in [-0.3, -0.25) is 0 Å². The summed E-state index contributed by atoms with van der Waals surface area (Å²) < 4.78 is 2.12. The van der Waals surface area contributed by atoms with Crippen molar-refractivity contribution in [3.63, 3.8) is 0 Å². The van der Waals surface area contributed by atoms with Gasteiger partial charge in [0.2, 0.25) is 0 Å². The standard InChI is InChI=1S/C16H13Br4Cl/c17-9-16(10-18,13-3-1-2-4-14(13)20)8-11-5-6-12(19)7-15(11)21/h1-7H,8-10H2. The van der Waals surface area contributed by atoms with Gasteiger partial charge in [-0.2, -0.15) is 0 Å². The Hall–Kier alpha value is 0.650. The third-order valence-corrected chi connectivity index (χ3v) is 7.18. The largest absolute Gasteiger partial charge is 0.0918 e. The number of benzene rings is 2. The Morgan fingerprint density at radius 1 is 0.952 bits per heavy atom. The first-order valence-corrected chi connectivity index (χ1v) is 10.5. The molecule has 0 atom stereocenters. The van der Waals surface area contributed by atoms with Crippen molar-refractivity contribution in [3.05, 3.63) is 67.6 Å². The van der Waals surface area contributed by atoms with Gasteiger partial charge in [-0.25, -0.2) is 0 Å². The molecule has 0 aliphatic heterocycles. The monoisotopic (exact) mass is 556 g/mol. The maximum absolute atomic E-state index is 6.40. The third-order valence-electron chi connectivity index (χ3n) is 3.50. The summed E-state index contributed by atoms with van der Waals surface area (Å²) in [5, 5.41) is 2.49. The molecule has 21 heavy (non-hydrogen) atoms. The Bertz CT molecular complexity index is 623. The lowest BCUT2D eigenvalue weighted by molar-refractivity contribution is 0.548. The van der Waals surface area contributed by atoms with Gasteiger partial charge in [0.1, 0.15) is 0 Å². The fourth-order valence-corrected chi connectivity index (χ4v) is 5.67. The van der Waals surface area contributed by atoms with Gasteiger partial charge in [0.05, 0.1) is 0 Å². The minimum atomic E-state index is -0.0580. The molecule has 0 amide bonds. The van der Waals surface area contributed by atoms with Crippen molar-refractivity contribution in [2.75, 3.05) is 10.7 Å². The highest BCUT2D eigenvalue weighted by atomic mass is 79.9. The van der Waals surface area contributed by atoms with E-state index in [1.165, 1.54) is 5.56 Å². The molecule has 0 unspecified atom stereocenters. The van der Waals surface area contributed by atoms with Gasteiger partial charge < -0.3 is 0 Å². The second-order valence-electron chi connectivity index (χ2n) is 4.94. The van der Waals surface area contributed by atoms with Gasteiger partial charge in [-0.15, -0.1) is 0 Å². The van der Waals surface area contributed by atoms with Crippen LogP contribution in [0.15, 0.2) is 51.4 Å². The molecule has 0 heterocycles. The number of alkyl halides is 2. The van der Waals surface area contributed by atoms with Crippen LogP contribution in [0.2, 0.25) is 5.02 Å². The molecule has 0 aliphatic carbocycles. The Balaban J connectivity index is 2.46. The molecule has 0 spiro atoms. The van der Waals surface area contributed by atoms with Crippen LogP contribution < -0.4 is 0 Å². The van der Waals surface area contributed by atoms with Crippen LogP contribution >= 0.6 is 75.3 Å². The highest BCUT2D eigenvalue weighted by molar-refractivity contribution is 9.11. The number of rotatable bonds is 5. The molecular weight excluding hydrogens is 547 g/mol. The van der Waals surface area contributed by atoms with Crippen molar-refractivity contribution >= 4 is 75.3 Å². The molecule has 5 heteroatoms. The summed E-state index contributed by atoms with van der Waals surface area (Å²) in [7, 11) is 0. The molecule has 0 N–H and O–H groups in total. The van der Waals surface area contributed by atoms with Crippen LogP contribution in [0.4, 0.5) is 0 Å². The van der Waals surface area contributed by atoms with Crippen molar-refractivity contribution in [1.82, 2.24) is 0 Å². The minimum Gasteiger partial charge on any atom is -0.0918 e. The molecule has 0 saturated carbocycles. The lowest BCUT2D eigenvalue weighted by Gasteiger charge is -2.32. The molecule has 0 aliphatic rings. The van der Waals surface area contributed by atoms with Gasteiger partial charge in [0.15, 0.2) is 0 Å². The Kier molecular flexibility index (Phi) is 6.82. The molecule has 0 fully saturated rings. The lowest BCUT2D eigenvalue weighted by Crippen LogP contribution is -2.33. The quantitative estimate of drug-likeness (QED) is 0.342. The van der Waals surface area contributed by atoms with Gasteiger partial charge in [0.25, 0.3) is 0 Å². The highest BCUT2D eigenvalue weighted by Crippen LogP contribution is 2.38. The van der Waals surface area contributed by atoms with E-state index in [0.717, 1.165) is 36.6 Å². The van der Waals surface area contributed by atoms with E-state index in [0.29, 0.717) is 0 Å². The predicted octanol–water partition coefficient (Wildman–Crippen LogP) is 7.14. The van der Waals surface area contributed by atoms with E-state index < -0.39 is 0 Å². The number of hydrogen-bond donors (Lipinski definition) is 0. The molecular formula is C16H13Br4Cl. The van der Waals surface area contributed by atoms with E-state index >= 15 is 0 Å². The van der Waals surface area contributed by atoms with Crippen LogP contribution in [-0.4, -0.2) is 10.7 Å².